The van der Waals surface area contributed by atoms with Crippen molar-refractivity contribution in [2.45, 2.75) is 157 Å². The number of thiol groups is 1. The standard InChI is InChI=1S/C44H60N7O22P3S2.C29H35N3O8S/c45-40-26(22-51(43(60)50-40)38-21-34(52)35(71-38)24-70-75(65,66)73-76(67,68)72-74(62,63)64)9-8-19-46-36(53)17-20-77-78-25-33(41(57)47-18-7-1-2-14-37(54)48-32(42(58)59)15-16-39(55)56)49-44(61)69-23-31-29-12-5-3-10-27(29)28-11-4-6-13-30(28)31;33-25(31-23(28(37)38)13-14-26(34)35)12-2-1-7-15-30-27(36)24(17-41)32-29(39)40-16-22-20-10-5-3-8-18(20)19-9-4-6-11-21(19)22/h3-6,10-13,22,31-35,38,52H,1-2,7-9,14-21,23-25H2,(H,46,53)(H,47,57)(H,48,54)(H,49,61)(H,55,56)(H,58,59)(H,65,66)(H,67,68)(H2,45,50,60)(H2,62,63,64);3-6,8-11,22-24,41H,1-2,7,12-17H2,(H,30,36)(H,31,33)(H,32,39)(H,34,35)(H,37,38)/t32?,33?,34-,35-,38-;/m1./s1. The summed E-state index contributed by atoms with van der Waals surface area (Å²) in [5.74, 6) is -7.19. The van der Waals surface area contributed by atoms with E-state index in [0.717, 1.165) is 49.1 Å². The topological polar surface area (TPSA) is 622 Å². The van der Waals surface area contributed by atoms with E-state index >= 15 is 0 Å². The Hall–Kier alpha value is -9.29. The Morgan fingerprint density at radius 2 is 1.00 bits per heavy atom. The van der Waals surface area contributed by atoms with Crippen molar-refractivity contribution in [3.05, 3.63) is 142 Å². The molecular weight excluding hydrogens is 1690 g/mol. The van der Waals surface area contributed by atoms with Crippen LogP contribution in [-0.4, -0.2) is 213 Å². The predicted octanol–water partition coefficient (Wildman–Crippen LogP) is 5.59. The number of carboxylic acid groups (broad SMARTS) is 4. The van der Waals surface area contributed by atoms with Gasteiger partial charge in [-0.2, -0.15) is 26.2 Å². The quantitative estimate of drug-likeness (QED) is 0.00976. The first-order valence-corrected chi connectivity index (χ1v) is 45.0. The number of nitrogens with two attached hydrogens (primary N) is 1. The molecule has 4 aromatic carbocycles. The second-order valence-electron chi connectivity index (χ2n) is 27.2. The zero-order chi connectivity index (χ0) is 87.0. The zero-order valence-corrected chi connectivity index (χ0v) is 69.1. The Kier molecular flexibility index (Phi) is 38.8. The van der Waals surface area contributed by atoms with Crippen LogP contribution in [0.25, 0.3) is 22.3 Å². The highest BCUT2D eigenvalue weighted by Crippen LogP contribution is 2.66. The number of fused-ring (bicyclic) bond motifs is 6. The molecule has 650 valence electrons. The van der Waals surface area contributed by atoms with E-state index in [1.165, 1.54) is 27.8 Å². The van der Waals surface area contributed by atoms with Crippen molar-refractivity contribution in [1.29, 1.82) is 0 Å². The highest BCUT2D eigenvalue weighted by atomic mass is 33.1. The van der Waals surface area contributed by atoms with Gasteiger partial charge in [0.1, 0.15) is 55.5 Å². The molecule has 3 aliphatic rings. The van der Waals surface area contributed by atoms with Crippen LogP contribution in [0, 0.1) is 0 Å². The first kappa shape index (κ1) is 96.8. The number of hydrogen-bond donors (Lipinski definition) is 18. The van der Waals surface area contributed by atoms with Crippen LogP contribution in [0.4, 0.5) is 15.4 Å². The van der Waals surface area contributed by atoms with Crippen LogP contribution < -0.4 is 48.6 Å². The van der Waals surface area contributed by atoms with E-state index in [4.69, 9.17) is 45.1 Å². The van der Waals surface area contributed by atoms with E-state index in [0.29, 0.717) is 62.8 Å². The summed E-state index contributed by atoms with van der Waals surface area (Å²) in [6, 6.07) is 27.1. The average molecular weight is 1780 g/mol. The van der Waals surface area contributed by atoms with E-state index in [2.05, 4.69) is 68.0 Å². The molecule has 2 heterocycles. The van der Waals surface area contributed by atoms with Gasteiger partial charge in [-0.25, -0.2) is 37.7 Å². The van der Waals surface area contributed by atoms with Crippen LogP contribution in [-0.2, 0) is 90.6 Å². The molecule has 0 saturated carbocycles. The van der Waals surface area contributed by atoms with E-state index in [1.807, 2.05) is 97.1 Å². The van der Waals surface area contributed by atoms with Gasteiger partial charge in [0.25, 0.3) is 0 Å². The molecule has 1 fully saturated rings. The van der Waals surface area contributed by atoms with Gasteiger partial charge in [-0.3, -0.25) is 42.7 Å². The van der Waals surface area contributed by atoms with Gasteiger partial charge in [0.05, 0.1) is 12.7 Å². The number of aryl methyl sites for hydroxylation is 1. The Labute approximate surface area is 694 Å². The lowest BCUT2D eigenvalue weighted by Gasteiger charge is -2.19. The van der Waals surface area contributed by atoms with Crippen LogP contribution in [0.3, 0.4) is 0 Å². The average Bonchev–Trinajstić information content (AvgIpc) is 1.62. The van der Waals surface area contributed by atoms with Gasteiger partial charge in [-0.15, -0.1) is 0 Å². The maximum Gasteiger partial charge on any atom is 0.490 e. The number of nitrogen functional groups attached to an aromatic ring is 1. The largest absolute Gasteiger partial charge is 0.490 e. The van der Waals surface area contributed by atoms with Gasteiger partial charge in [-0.1, -0.05) is 131 Å². The van der Waals surface area contributed by atoms with Crippen molar-refractivity contribution in [2.75, 3.05) is 62.4 Å². The normalized spacial score (nSPS) is 16.6. The highest BCUT2D eigenvalue weighted by Gasteiger charge is 2.44. The molecular formula is C73H95N10O30P3S3. The number of aromatic nitrogens is 2. The van der Waals surface area contributed by atoms with Gasteiger partial charge in [0, 0.05) is 99.0 Å². The number of aliphatic hydroxyl groups excluding tert-OH is 1. The number of hydrogen-bond acceptors (Lipinski definition) is 27. The molecule has 0 bridgehead atoms. The fourth-order valence-corrected chi connectivity index (χ4v) is 18.1. The second-order valence-corrected chi connectivity index (χ2v) is 34.6. The molecule has 1 saturated heterocycles. The lowest BCUT2D eigenvalue weighted by molar-refractivity contribution is -0.144. The van der Waals surface area contributed by atoms with Gasteiger partial charge in [0.15, 0.2) is 0 Å². The number of carbonyl (C=O) groups excluding carboxylic acids is 7. The van der Waals surface area contributed by atoms with Crippen molar-refractivity contribution >= 4 is 129 Å². The number of amides is 7. The molecule has 46 heteroatoms. The highest BCUT2D eigenvalue weighted by molar-refractivity contribution is 8.76. The number of anilines is 1. The van der Waals surface area contributed by atoms with E-state index in [9.17, 15) is 91.2 Å². The summed E-state index contributed by atoms with van der Waals surface area (Å²) in [4.78, 5) is 186. The molecule has 0 spiro atoms. The number of phosphoric ester groups is 1. The van der Waals surface area contributed by atoms with Crippen LogP contribution in [0.5, 0.6) is 0 Å². The third-order valence-corrected chi connectivity index (χ3v) is 25.1. The Morgan fingerprint density at radius 3 is 1.45 bits per heavy atom. The number of alkyl carbamates (subject to hydrolysis) is 2. The molecule has 0 radical (unpaired) electrons. The number of carboxylic acids is 4. The monoisotopic (exact) mass is 1780 g/mol. The predicted molar refractivity (Wildman–Crippen MR) is 432 cm³/mol. The lowest BCUT2D eigenvalue weighted by Crippen LogP contribution is -2.48. The molecule has 40 nitrogen and oxygen atoms in total. The summed E-state index contributed by atoms with van der Waals surface area (Å²) >= 11 is 4.18. The number of rotatable bonds is 49. The molecule has 8 rings (SSSR count). The minimum atomic E-state index is -5.79. The van der Waals surface area contributed by atoms with E-state index in [1.54, 1.807) is 0 Å². The maximum absolute atomic E-state index is 13.5. The van der Waals surface area contributed by atoms with Crippen molar-refractivity contribution in [3.8, 4) is 22.3 Å². The third-order valence-electron chi connectivity index (χ3n) is 18.5. The molecule has 18 N–H and O–H groups in total. The second kappa shape index (κ2) is 47.6. The molecule has 119 heavy (non-hydrogen) atoms. The van der Waals surface area contributed by atoms with Crippen molar-refractivity contribution in [2.24, 2.45) is 0 Å². The fraction of sp³-hybridized carbons (Fsp3) is 0.466. The maximum atomic E-state index is 13.5. The first-order chi connectivity index (χ1) is 56.5. The molecule has 1 aliphatic heterocycles. The molecule has 6 unspecified atom stereocenters. The Bertz CT molecular complexity index is 4510. The minimum absolute atomic E-state index is 0.00503. The summed E-state index contributed by atoms with van der Waals surface area (Å²) < 4.78 is 64.3. The van der Waals surface area contributed by atoms with Crippen LogP contribution in [0.15, 0.2) is 108 Å². The third kappa shape index (κ3) is 32.3. The van der Waals surface area contributed by atoms with Crippen molar-refractivity contribution in [3.63, 3.8) is 0 Å². The summed E-state index contributed by atoms with van der Waals surface area (Å²) in [6.45, 7) is -0.157. The summed E-state index contributed by atoms with van der Waals surface area (Å²) in [7, 11) is -14.4. The van der Waals surface area contributed by atoms with Crippen molar-refractivity contribution in [1.82, 2.24) is 46.8 Å². The summed E-state index contributed by atoms with van der Waals surface area (Å²) in [6.07, 6.45) is -2.23. The van der Waals surface area contributed by atoms with Crippen molar-refractivity contribution < 1.29 is 139 Å². The van der Waals surface area contributed by atoms with Crippen LogP contribution >= 0.6 is 57.7 Å². The Balaban J connectivity index is 0.000000399. The first-order valence-electron chi connectivity index (χ1n) is 37.4. The van der Waals surface area contributed by atoms with Crippen LogP contribution in [0.2, 0.25) is 0 Å². The fourth-order valence-electron chi connectivity index (χ4n) is 12.7. The number of nitrogens with one attached hydrogen (secondary N) is 7. The molecule has 7 amide bonds. The Morgan fingerprint density at radius 1 is 0.546 bits per heavy atom. The zero-order valence-electron chi connectivity index (χ0n) is 63.9. The number of benzene rings is 4. The van der Waals surface area contributed by atoms with Crippen LogP contribution in [0.1, 0.15) is 142 Å². The molecule has 5 aromatic rings. The molecule has 9 atom stereocenters. The number of aliphatic hydroxyl groups is 1. The number of ether oxygens (including phenoxy) is 3. The number of aliphatic carboxylic acids is 4. The smallest absolute Gasteiger partial charge is 0.481 e. The van der Waals surface area contributed by atoms with E-state index in [-0.39, 0.29) is 113 Å². The van der Waals surface area contributed by atoms with Gasteiger partial charge in [0.2, 0.25) is 29.5 Å². The number of unbranched alkanes of at least 4 members (excludes halogenated alkanes) is 4. The molecule has 1 aromatic heterocycles. The minimum Gasteiger partial charge on any atom is -0.481 e. The number of carbonyl (C=O) groups is 11. The number of phosphoric acid groups is 3. The van der Waals surface area contributed by atoms with Gasteiger partial charge >= 0.3 is 65.2 Å². The van der Waals surface area contributed by atoms with Gasteiger partial charge in [-0.05, 0) is 95.9 Å². The SMILES string of the molecule is Nc1nc(=O)n([C@H]2C[C@@H](O)[C@@H](COP(=O)(O)OP(=O)(O)OP(=O)(O)O)O2)cc1CCCNC(=O)CCSSCC(NC(=O)OCC1c2ccccc2-c2ccccc21)C(=O)NCCCCCC(=O)NC(CCC(=O)O)C(=O)O.O=C(O)CCC(NC(=O)CCCCCNC(=O)C(CS)NC(=O)OCC1c2ccccc2-c2ccccc21)C(=O)O. The molecule has 2 aliphatic carbocycles. The summed E-state index contributed by atoms with van der Waals surface area (Å²) in [5, 5.41) is 64.6. The summed E-state index contributed by atoms with van der Waals surface area (Å²) in [5.41, 5.74) is 13.9. The lowest BCUT2D eigenvalue weighted by atomic mass is 9.98. The number of nitrogens with zero attached hydrogens (tertiary/aromatic N) is 2. The van der Waals surface area contributed by atoms with Gasteiger partial charge < -0.3 is 102 Å². The van der Waals surface area contributed by atoms with E-state index < -0.39 is 144 Å².